The van der Waals surface area contributed by atoms with Crippen LogP contribution in [0.2, 0.25) is 0 Å². The molecule has 2 fully saturated rings. The summed E-state index contributed by atoms with van der Waals surface area (Å²) in [6.07, 6.45) is 6.29. The second-order valence-electron chi connectivity index (χ2n) is 7.15. The molecule has 0 bridgehead atoms. The minimum Gasteiger partial charge on any atom is -0.459 e. The number of nitrogens with one attached hydrogen (secondary N) is 2. The molecule has 7 nitrogen and oxygen atoms in total. The first-order valence-corrected chi connectivity index (χ1v) is 9.71. The molecule has 2 N–H and O–H groups in total. The van der Waals surface area contributed by atoms with Crippen LogP contribution in [-0.4, -0.2) is 74.0 Å². The van der Waals surface area contributed by atoms with E-state index in [1.165, 1.54) is 32.4 Å². The molecule has 8 heteroatoms. The van der Waals surface area contributed by atoms with Gasteiger partial charge >= 0.3 is 0 Å². The van der Waals surface area contributed by atoms with Crippen LogP contribution in [-0.2, 0) is 0 Å². The number of carbonyl (C=O) groups excluding carboxylic acids is 1. The third-order valence-electron chi connectivity index (χ3n) is 5.32. The van der Waals surface area contributed by atoms with E-state index in [0.29, 0.717) is 18.3 Å². The van der Waals surface area contributed by atoms with E-state index in [-0.39, 0.29) is 29.9 Å². The van der Waals surface area contributed by atoms with Crippen molar-refractivity contribution in [1.82, 2.24) is 20.4 Å². The number of amides is 1. The van der Waals surface area contributed by atoms with Gasteiger partial charge in [-0.15, -0.1) is 24.0 Å². The predicted octanol–water partition coefficient (Wildman–Crippen LogP) is 2.07. The van der Waals surface area contributed by atoms with Crippen LogP contribution in [0.3, 0.4) is 0 Å². The van der Waals surface area contributed by atoms with Gasteiger partial charge < -0.3 is 20.0 Å². The molecule has 27 heavy (non-hydrogen) atoms. The Morgan fingerprint density at radius 3 is 2.67 bits per heavy atom. The Morgan fingerprint density at radius 1 is 1.26 bits per heavy atom. The molecule has 2 saturated heterocycles. The van der Waals surface area contributed by atoms with Gasteiger partial charge in [-0.2, -0.15) is 0 Å². The van der Waals surface area contributed by atoms with E-state index in [0.717, 1.165) is 37.6 Å². The maximum absolute atomic E-state index is 12.0. The first-order valence-electron chi connectivity index (χ1n) is 9.71. The van der Waals surface area contributed by atoms with Crippen molar-refractivity contribution in [3.8, 4) is 0 Å². The van der Waals surface area contributed by atoms with E-state index in [9.17, 15) is 4.79 Å². The predicted molar refractivity (Wildman–Crippen MR) is 118 cm³/mol. The summed E-state index contributed by atoms with van der Waals surface area (Å²) in [6.45, 7) is 7.89. The molecule has 0 aromatic carbocycles. The number of aryl methyl sites for hydroxylation is 1. The lowest BCUT2D eigenvalue weighted by Gasteiger charge is -2.25. The Balaban J connectivity index is 0.00000261. The summed E-state index contributed by atoms with van der Waals surface area (Å²) in [7, 11) is 1.84. The van der Waals surface area contributed by atoms with Crippen LogP contribution in [0.4, 0.5) is 0 Å². The van der Waals surface area contributed by atoms with Crippen LogP contribution >= 0.6 is 24.0 Å². The van der Waals surface area contributed by atoms with Crippen molar-refractivity contribution in [1.29, 1.82) is 0 Å². The summed E-state index contributed by atoms with van der Waals surface area (Å²) < 4.78 is 5.20. The first-order chi connectivity index (χ1) is 12.7. The summed E-state index contributed by atoms with van der Waals surface area (Å²) in [5.41, 5.74) is 0.864. The number of rotatable bonds is 6. The van der Waals surface area contributed by atoms with Gasteiger partial charge in [0.1, 0.15) is 0 Å². The molecule has 0 saturated carbocycles. The Hall–Kier alpha value is -1.29. The number of likely N-dealkylation sites (tertiary alicyclic amines) is 2. The molecule has 2 aliphatic heterocycles. The van der Waals surface area contributed by atoms with Crippen LogP contribution in [0, 0.1) is 6.92 Å². The molecule has 1 atom stereocenters. The zero-order valence-electron chi connectivity index (χ0n) is 16.4. The minimum atomic E-state index is -0.148. The summed E-state index contributed by atoms with van der Waals surface area (Å²) in [5, 5.41) is 6.32. The highest BCUT2D eigenvalue weighted by atomic mass is 127. The molecule has 2 aliphatic rings. The normalized spacial score (nSPS) is 20.6. The van der Waals surface area contributed by atoms with Crippen LogP contribution in [0.25, 0.3) is 0 Å². The molecule has 1 aromatic heterocycles. The summed E-state index contributed by atoms with van der Waals surface area (Å²) in [4.78, 5) is 21.4. The number of aliphatic imine (C=N–C) groups is 1. The highest BCUT2D eigenvalue weighted by Crippen LogP contribution is 2.20. The monoisotopic (exact) mass is 489 g/mol. The molecule has 152 valence electrons. The number of furan rings is 1. The molecule has 0 radical (unpaired) electrons. The summed E-state index contributed by atoms with van der Waals surface area (Å²) in [6, 6.07) is 2.47. The number of carbonyl (C=O) groups is 1. The topological polar surface area (TPSA) is 73.1 Å². The fourth-order valence-electron chi connectivity index (χ4n) is 3.85. The van der Waals surface area contributed by atoms with E-state index < -0.39 is 0 Å². The van der Waals surface area contributed by atoms with Gasteiger partial charge in [-0.1, -0.05) is 0 Å². The van der Waals surface area contributed by atoms with Crippen molar-refractivity contribution in [2.24, 2.45) is 4.99 Å². The highest BCUT2D eigenvalue weighted by molar-refractivity contribution is 14.0. The van der Waals surface area contributed by atoms with Crippen molar-refractivity contribution in [3.05, 3.63) is 23.7 Å². The Labute approximate surface area is 179 Å². The fraction of sp³-hybridized carbons (Fsp3) is 0.684. The smallest absolute Gasteiger partial charge is 0.287 e. The molecule has 0 aliphatic carbocycles. The molecule has 0 spiro atoms. The molecule has 3 rings (SSSR count). The van der Waals surface area contributed by atoms with E-state index in [1.54, 1.807) is 12.3 Å². The lowest BCUT2D eigenvalue weighted by Crippen LogP contribution is -2.43. The van der Waals surface area contributed by atoms with Crippen LogP contribution in [0.1, 0.15) is 41.8 Å². The molecular weight excluding hydrogens is 457 g/mol. The largest absolute Gasteiger partial charge is 0.459 e. The molecule has 1 unspecified atom stereocenters. The fourth-order valence-corrected chi connectivity index (χ4v) is 3.85. The average molecular weight is 489 g/mol. The zero-order valence-corrected chi connectivity index (χ0v) is 18.7. The van der Waals surface area contributed by atoms with Crippen LogP contribution in [0.15, 0.2) is 21.7 Å². The van der Waals surface area contributed by atoms with Gasteiger partial charge in [0.2, 0.25) is 0 Å². The third-order valence-corrected chi connectivity index (χ3v) is 5.32. The van der Waals surface area contributed by atoms with Gasteiger partial charge in [-0.3, -0.25) is 14.7 Å². The van der Waals surface area contributed by atoms with Crippen LogP contribution in [0.5, 0.6) is 0 Å². The quantitative estimate of drug-likeness (QED) is 0.277. The zero-order chi connectivity index (χ0) is 18.4. The lowest BCUT2D eigenvalue weighted by molar-refractivity contribution is 0.0925. The molecular formula is C19H32IN5O2. The molecule has 1 aromatic rings. The SMILES string of the molecule is CN=C(NCCCNC(=O)c1occc1C)N1CCC(N2CCCC2)C1.I. The first kappa shape index (κ1) is 22.0. The second kappa shape index (κ2) is 10.9. The number of hydrogen-bond acceptors (Lipinski definition) is 4. The highest BCUT2D eigenvalue weighted by Gasteiger charge is 2.30. The number of guanidine groups is 1. The van der Waals surface area contributed by atoms with Crippen molar-refractivity contribution >= 4 is 35.8 Å². The minimum absolute atomic E-state index is 0. The Morgan fingerprint density at radius 2 is 2.00 bits per heavy atom. The maximum atomic E-state index is 12.0. The standard InChI is InChI=1S/C19H31N5O2.HI/c1-15-7-13-26-17(15)18(25)21-8-5-9-22-19(20-2)24-12-6-16(14-24)23-10-3-4-11-23;/h7,13,16H,3-6,8-12,14H2,1-2H3,(H,20,22)(H,21,25);1H. The molecule has 1 amide bonds. The lowest BCUT2D eigenvalue weighted by atomic mass is 10.2. The summed E-state index contributed by atoms with van der Waals surface area (Å²) in [5.74, 6) is 1.23. The van der Waals surface area contributed by atoms with Gasteiger partial charge in [-0.25, -0.2) is 0 Å². The maximum Gasteiger partial charge on any atom is 0.287 e. The van der Waals surface area contributed by atoms with Gasteiger partial charge in [-0.05, 0) is 51.8 Å². The van der Waals surface area contributed by atoms with E-state index in [1.807, 2.05) is 14.0 Å². The summed E-state index contributed by atoms with van der Waals surface area (Å²) >= 11 is 0. The number of hydrogen-bond donors (Lipinski definition) is 2. The van der Waals surface area contributed by atoms with Crippen molar-refractivity contribution in [2.75, 3.05) is 46.3 Å². The van der Waals surface area contributed by atoms with Gasteiger partial charge in [0, 0.05) is 44.8 Å². The average Bonchev–Trinajstić information content (AvgIpc) is 3.38. The van der Waals surface area contributed by atoms with Crippen molar-refractivity contribution in [3.63, 3.8) is 0 Å². The van der Waals surface area contributed by atoms with Crippen LogP contribution < -0.4 is 10.6 Å². The third kappa shape index (κ3) is 5.84. The number of halogens is 1. The number of nitrogens with zero attached hydrogens (tertiary/aromatic N) is 3. The Bertz CT molecular complexity index is 627. The van der Waals surface area contributed by atoms with E-state index in [2.05, 4.69) is 25.4 Å². The second-order valence-corrected chi connectivity index (χ2v) is 7.15. The van der Waals surface area contributed by atoms with Gasteiger partial charge in [0.25, 0.3) is 5.91 Å². The Kier molecular flexibility index (Phi) is 8.88. The van der Waals surface area contributed by atoms with Gasteiger partial charge in [0.15, 0.2) is 11.7 Å². The molecule has 3 heterocycles. The van der Waals surface area contributed by atoms with Crippen molar-refractivity contribution in [2.45, 2.75) is 38.6 Å². The van der Waals surface area contributed by atoms with Gasteiger partial charge in [0.05, 0.1) is 6.26 Å². The van der Waals surface area contributed by atoms with E-state index in [4.69, 9.17) is 4.42 Å². The van der Waals surface area contributed by atoms with Crippen molar-refractivity contribution < 1.29 is 9.21 Å². The van der Waals surface area contributed by atoms with E-state index >= 15 is 0 Å².